The molecule has 0 spiro atoms. The molecule has 0 bridgehead atoms. The van der Waals surface area contributed by atoms with Crippen molar-refractivity contribution in [2.45, 2.75) is 38.9 Å². The molecule has 0 aliphatic carbocycles. The number of nitrogens with zero attached hydrogens (tertiary/aromatic N) is 2. The summed E-state index contributed by atoms with van der Waals surface area (Å²) in [5.41, 5.74) is 0.387. The molecule has 1 atom stereocenters. The highest BCUT2D eigenvalue weighted by Crippen LogP contribution is 2.34. The Morgan fingerprint density at radius 3 is 2.48 bits per heavy atom. The van der Waals surface area contributed by atoms with Gasteiger partial charge in [0.1, 0.15) is 5.82 Å². The summed E-state index contributed by atoms with van der Waals surface area (Å²) in [6.07, 6.45) is -2.43. The summed E-state index contributed by atoms with van der Waals surface area (Å²) < 4.78 is 54.5. The lowest BCUT2D eigenvalue weighted by Gasteiger charge is -2.20. The fourth-order valence-corrected chi connectivity index (χ4v) is 3.42. The minimum atomic E-state index is -4.82. The molecule has 4 nitrogen and oxygen atoms in total. The maximum absolute atomic E-state index is 13.7. The Morgan fingerprint density at radius 2 is 1.87 bits per heavy atom. The Morgan fingerprint density at radius 1 is 1.19 bits per heavy atom. The number of hydrogen-bond acceptors (Lipinski definition) is 2. The Labute approximate surface area is 181 Å². The van der Waals surface area contributed by atoms with Crippen molar-refractivity contribution < 1.29 is 22.4 Å². The fourth-order valence-electron chi connectivity index (χ4n) is 3.30. The van der Waals surface area contributed by atoms with E-state index in [4.69, 9.17) is 11.6 Å². The van der Waals surface area contributed by atoms with Gasteiger partial charge in [0.15, 0.2) is 0 Å². The van der Waals surface area contributed by atoms with Crippen LogP contribution in [0.4, 0.5) is 17.6 Å². The van der Waals surface area contributed by atoms with Crippen molar-refractivity contribution in [3.05, 3.63) is 81.9 Å². The van der Waals surface area contributed by atoms with E-state index in [0.717, 1.165) is 12.1 Å². The normalized spacial score (nSPS) is 12.6. The van der Waals surface area contributed by atoms with Crippen molar-refractivity contribution in [2.24, 2.45) is 0 Å². The second kappa shape index (κ2) is 9.09. The van der Waals surface area contributed by atoms with Gasteiger partial charge in [-0.3, -0.25) is 4.79 Å². The number of hydrogen-bond donors (Lipinski definition) is 1. The van der Waals surface area contributed by atoms with E-state index in [9.17, 15) is 22.4 Å². The van der Waals surface area contributed by atoms with Crippen molar-refractivity contribution >= 4 is 17.5 Å². The van der Waals surface area contributed by atoms with Gasteiger partial charge in [-0.15, -0.1) is 0 Å². The smallest absolute Gasteiger partial charge is 0.345 e. The monoisotopic (exact) mass is 453 g/mol. The van der Waals surface area contributed by atoms with Crippen molar-refractivity contribution in [2.75, 3.05) is 0 Å². The molecule has 0 unspecified atom stereocenters. The molecule has 1 aromatic heterocycles. The Bertz CT molecular complexity index is 1080. The lowest BCUT2D eigenvalue weighted by atomic mass is 9.99. The minimum absolute atomic E-state index is 0.187. The molecule has 0 radical (unpaired) electrons. The van der Waals surface area contributed by atoms with Crippen molar-refractivity contribution in [3.63, 3.8) is 0 Å². The Kier molecular flexibility index (Phi) is 6.69. The van der Waals surface area contributed by atoms with Crippen LogP contribution >= 0.6 is 11.6 Å². The molecule has 1 N–H and O–H groups in total. The number of halogens is 5. The van der Waals surface area contributed by atoms with Crippen molar-refractivity contribution in [1.82, 2.24) is 15.1 Å². The second-order valence-corrected chi connectivity index (χ2v) is 7.52. The maximum atomic E-state index is 13.7. The summed E-state index contributed by atoms with van der Waals surface area (Å²) in [5.74, 6) is -1.83. The largest absolute Gasteiger partial charge is 0.419 e. The highest BCUT2D eigenvalue weighted by Gasteiger charge is 2.35. The van der Waals surface area contributed by atoms with Crippen LogP contribution in [0.1, 0.15) is 53.0 Å². The minimum Gasteiger partial charge on any atom is -0.345 e. The summed E-state index contributed by atoms with van der Waals surface area (Å²) in [7, 11) is 0. The fraction of sp³-hybridized carbons (Fsp3) is 0.273. The molecule has 1 amide bonds. The zero-order valence-electron chi connectivity index (χ0n) is 16.8. The topological polar surface area (TPSA) is 46.9 Å². The number of rotatable bonds is 6. The van der Waals surface area contributed by atoms with Crippen LogP contribution < -0.4 is 5.32 Å². The third-order valence-electron chi connectivity index (χ3n) is 4.91. The van der Waals surface area contributed by atoms with Crippen LogP contribution in [0.15, 0.2) is 48.7 Å². The zero-order valence-corrected chi connectivity index (χ0v) is 17.6. The third kappa shape index (κ3) is 5.07. The molecule has 0 saturated carbocycles. The van der Waals surface area contributed by atoms with Gasteiger partial charge in [-0.05, 0) is 55.3 Å². The number of carbonyl (C=O) groups excluding carboxylic acids is 1. The molecule has 0 fully saturated rings. The summed E-state index contributed by atoms with van der Waals surface area (Å²) in [5, 5.41) is 7.56. The molecule has 0 aliphatic rings. The maximum Gasteiger partial charge on any atom is 0.419 e. The first-order chi connectivity index (χ1) is 14.6. The van der Waals surface area contributed by atoms with Crippen LogP contribution in [0.2, 0.25) is 5.02 Å². The van der Waals surface area contributed by atoms with Gasteiger partial charge in [-0.2, -0.15) is 18.3 Å². The molecular formula is C22H20ClF4N3O. The predicted octanol–water partition coefficient (Wildman–Crippen LogP) is 6.26. The van der Waals surface area contributed by atoms with E-state index in [1.807, 2.05) is 6.92 Å². The van der Waals surface area contributed by atoms with Gasteiger partial charge < -0.3 is 5.32 Å². The van der Waals surface area contributed by atoms with Crippen LogP contribution in [0, 0.1) is 12.7 Å². The lowest BCUT2D eigenvalue weighted by Crippen LogP contribution is -2.29. The molecule has 0 saturated heterocycles. The summed E-state index contributed by atoms with van der Waals surface area (Å²) in [6, 6.07) is 8.97. The number of alkyl halides is 3. The number of nitrogens with one attached hydrogen (secondary N) is 1. The van der Waals surface area contributed by atoms with Gasteiger partial charge in [0.25, 0.3) is 5.91 Å². The molecule has 164 valence electrons. The first-order valence-corrected chi connectivity index (χ1v) is 9.97. The van der Waals surface area contributed by atoms with Crippen LogP contribution in [0.25, 0.3) is 5.69 Å². The van der Waals surface area contributed by atoms with E-state index in [1.165, 1.54) is 12.3 Å². The highest BCUT2D eigenvalue weighted by molar-refractivity contribution is 6.30. The van der Waals surface area contributed by atoms with E-state index in [1.54, 1.807) is 35.9 Å². The van der Waals surface area contributed by atoms with Gasteiger partial charge in [0.05, 0.1) is 34.7 Å². The standard InChI is InChI=1S/C22H20ClF4N3O/c1-3-4-20(14-5-10-19(24)18(11-14)22(25,26)27)29-21(31)17-12-28-30(13(17)2)16-8-6-15(23)7-9-16/h5-12,20H,3-4H2,1-2H3,(H,29,31)/t20-/m0/s1. The highest BCUT2D eigenvalue weighted by atomic mass is 35.5. The van der Waals surface area contributed by atoms with Gasteiger partial charge in [-0.1, -0.05) is 31.0 Å². The van der Waals surface area contributed by atoms with E-state index in [0.29, 0.717) is 29.2 Å². The van der Waals surface area contributed by atoms with E-state index in [2.05, 4.69) is 10.4 Å². The molecule has 2 aromatic carbocycles. The number of amides is 1. The molecular weight excluding hydrogens is 434 g/mol. The van der Waals surface area contributed by atoms with Gasteiger partial charge in [0.2, 0.25) is 0 Å². The predicted molar refractivity (Wildman–Crippen MR) is 110 cm³/mol. The lowest BCUT2D eigenvalue weighted by molar-refractivity contribution is -0.140. The van der Waals surface area contributed by atoms with Gasteiger partial charge in [0, 0.05) is 5.02 Å². The van der Waals surface area contributed by atoms with Crippen LogP contribution in [0.3, 0.4) is 0 Å². The molecule has 3 aromatic rings. The first kappa shape index (κ1) is 22.8. The number of carbonyl (C=O) groups is 1. The van der Waals surface area contributed by atoms with Gasteiger partial charge >= 0.3 is 6.18 Å². The molecule has 9 heteroatoms. The summed E-state index contributed by atoms with van der Waals surface area (Å²) >= 11 is 5.90. The van der Waals surface area contributed by atoms with Crippen molar-refractivity contribution in [1.29, 1.82) is 0 Å². The Hall–Kier alpha value is -2.87. The molecule has 1 heterocycles. The van der Waals surface area contributed by atoms with Crippen LogP contribution in [-0.4, -0.2) is 15.7 Å². The number of aromatic nitrogens is 2. The quantitative estimate of drug-likeness (QED) is 0.447. The van der Waals surface area contributed by atoms with Crippen molar-refractivity contribution in [3.8, 4) is 5.69 Å². The zero-order chi connectivity index (χ0) is 22.8. The molecule has 31 heavy (non-hydrogen) atoms. The number of benzene rings is 2. The van der Waals surface area contributed by atoms with E-state index in [-0.39, 0.29) is 11.1 Å². The summed E-state index contributed by atoms with van der Waals surface area (Å²) in [6.45, 7) is 3.56. The molecule has 0 aliphatic heterocycles. The van der Waals surface area contributed by atoms with E-state index >= 15 is 0 Å². The second-order valence-electron chi connectivity index (χ2n) is 7.08. The summed E-state index contributed by atoms with van der Waals surface area (Å²) in [4.78, 5) is 12.9. The molecule has 3 rings (SSSR count). The average Bonchev–Trinajstić information content (AvgIpc) is 3.09. The van der Waals surface area contributed by atoms with Crippen LogP contribution in [-0.2, 0) is 6.18 Å². The average molecular weight is 454 g/mol. The van der Waals surface area contributed by atoms with Crippen LogP contribution in [0.5, 0.6) is 0 Å². The third-order valence-corrected chi connectivity index (χ3v) is 5.16. The first-order valence-electron chi connectivity index (χ1n) is 9.60. The van der Waals surface area contributed by atoms with E-state index < -0.39 is 29.5 Å². The Balaban J connectivity index is 1.88. The SMILES string of the molecule is CCC[C@H](NC(=O)c1cnn(-c2ccc(Cl)cc2)c1C)c1ccc(F)c(C(F)(F)F)c1. The van der Waals surface area contributed by atoms with Gasteiger partial charge in [-0.25, -0.2) is 9.07 Å².